The van der Waals surface area contributed by atoms with Crippen LogP contribution in [0.3, 0.4) is 0 Å². The number of halogens is 1. The summed E-state index contributed by atoms with van der Waals surface area (Å²) in [5.41, 5.74) is 5.49. The third kappa shape index (κ3) is 6.63. The number of aliphatic carboxylic acids is 1. The van der Waals surface area contributed by atoms with Crippen molar-refractivity contribution in [3.8, 4) is 0 Å². The van der Waals surface area contributed by atoms with Crippen LogP contribution >= 0.6 is 12.4 Å². The SMILES string of the molecule is CCC(N)C(=O)NC(CC(C)C)C(=O)O.Cl. The summed E-state index contributed by atoms with van der Waals surface area (Å²) in [7, 11) is 0. The smallest absolute Gasteiger partial charge is 0.326 e. The maximum Gasteiger partial charge on any atom is 0.326 e. The van der Waals surface area contributed by atoms with E-state index in [0.717, 1.165) is 0 Å². The molecular formula is C10H21ClN2O3. The number of hydrogen-bond donors (Lipinski definition) is 3. The predicted octanol–water partition coefficient (Wildman–Crippen LogP) is 0.761. The van der Waals surface area contributed by atoms with E-state index in [0.29, 0.717) is 12.8 Å². The summed E-state index contributed by atoms with van der Waals surface area (Å²) in [6.45, 7) is 5.59. The highest BCUT2D eigenvalue weighted by atomic mass is 35.5. The van der Waals surface area contributed by atoms with Gasteiger partial charge in [-0.05, 0) is 18.8 Å². The molecule has 16 heavy (non-hydrogen) atoms. The second-order valence-electron chi connectivity index (χ2n) is 4.04. The molecule has 96 valence electrons. The van der Waals surface area contributed by atoms with Gasteiger partial charge in [0.05, 0.1) is 6.04 Å². The summed E-state index contributed by atoms with van der Waals surface area (Å²) in [6, 6.07) is -1.46. The van der Waals surface area contributed by atoms with Gasteiger partial charge in [-0.1, -0.05) is 20.8 Å². The number of amides is 1. The van der Waals surface area contributed by atoms with Crippen LogP contribution in [0, 0.1) is 5.92 Å². The number of nitrogens with two attached hydrogens (primary N) is 1. The maximum atomic E-state index is 11.4. The second-order valence-corrected chi connectivity index (χ2v) is 4.04. The highest BCUT2D eigenvalue weighted by Crippen LogP contribution is 2.05. The van der Waals surface area contributed by atoms with Crippen LogP contribution in [0.25, 0.3) is 0 Å². The van der Waals surface area contributed by atoms with Crippen LogP contribution in [0.2, 0.25) is 0 Å². The molecule has 5 nitrogen and oxygen atoms in total. The highest BCUT2D eigenvalue weighted by Gasteiger charge is 2.23. The molecule has 4 N–H and O–H groups in total. The molecule has 1 amide bonds. The minimum Gasteiger partial charge on any atom is -0.480 e. The van der Waals surface area contributed by atoms with Crippen LogP contribution in [0.1, 0.15) is 33.6 Å². The molecule has 0 aliphatic heterocycles. The third-order valence-corrected chi connectivity index (χ3v) is 2.10. The third-order valence-electron chi connectivity index (χ3n) is 2.10. The topological polar surface area (TPSA) is 92.4 Å². The van der Waals surface area contributed by atoms with Gasteiger partial charge in [-0.2, -0.15) is 0 Å². The summed E-state index contributed by atoms with van der Waals surface area (Å²) < 4.78 is 0. The van der Waals surface area contributed by atoms with Crippen molar-refractivity contribution >= 4 is 24.3 Å². The van der Waals surface area contributed by atoms with Crippen molar-refractivity contribution in [2.24, 2.45) is 11.7 Å². The molecular weight excluding hydrogens is 232 g/mol. The zero-order valence-corrected chi connectivity index (χ0v) is 10.7. The molecule has 2 atom stereocenters. The predicted molar refractivity (Wildman–Crippen MR) is 64.5 cm³/mol. The fraction of sp³-hybridized carbons (Fsp3) is 0.800. The molecule has 6 heteroatoms. The van der Waals surface area contributed by atoms with Crippen molar-refractivity contribution in [1.82, 2.24) is 5.32 Å². The van der Waals surface area contributed by atoms with Gasteiger partial charge in [0.25, 0.3) is 0 Å². The van der Waals surface area contributed by atoms with Gasteiger partial charge >= 0.3 is 5.97 Å². The summed E-state index contributed by atoms with van der Waals surface area (Å²) in [4.78, 5) is 22.2. The number of nitrogens with one attached hydrogen (secondary N) is 1. The zero-order valence-electron chi connectivity index (χ0n) is 9.90. The fourth-order valence-electron chi connectivity index (χ4n) is 1.16. The molecule has 0 saturated carbocycles. The first-order chi connectivity index (χ1) is 6.88. The number of rotatable bonds is 6. The van der Waals surface area contributed by atoms with Gasteiger partial charge in [0.2, 0.25) is 5.91 Å². The standard InChI is InChI=1S/C10H20N2O3.ClH/c1-4-7(11)9(13)12-8(10(14)15)5-6(2)3;/h6-8H,4-5,11H2,1-3H3,(H,12,13)(H,14,15);1H. The summed E-state index contributed by atoms with van der Waals surface area (Å²) in [5.74, 6) is -1.20. The quantitative estimate of drug-likeness (QED) is 0.651. The average molecular weight is 253 g/mol. The second kappa shape index (κ2) is 8.35. The first kappa shape index (κ1) is 17.6. The molecule has 0 heterocycles. The molecule has 0 aromatic rings. The lowest BCUT2D eigenvalue weighted by molar-refractivity contribution is -0.142. The first-order valence-corrected chi connectivity index (χ1v) is 5.17. The van der Waals surface area contributed by atoms with E-state index in [4.69, 9.17) is 10.8 Å². The minimum atomic E-state index is -1.01. The van der Waals surface area contributed by atoms with Gasteiger partial charge in [0.1, 0.15) is 6.04 Å². The number of hydrogen-bond acceptors (Lipinski definition) is 3. The van der Waals surface area contributed by atoms with Gasteiger partial charge in [0.15, 0.2) is 0 Å². The first-order valence-electron chi connectivity index (χ1n) is 5.17. The molecule has 2 unspecified atom stereocenters. The molecule has 0 saturated heterocycles. The maximum absolute atomic E-state index is 11.4. The van der Waals surface area contributed by atoms with Crippen LogP contribution in [-0.4, -0.2) is 29.1 Å². The lowest BCUT2D eigenvalue weighted by atomic mass is 10.0. The Hall–Kier alpha value is -0.810. The van der Waals surface area contributed by atoms with E-state index in [-0.39, 0.29) is 18.3 Å². The van der Waals surface area contributed by atoms with E-state index in [1.807, 2.05) is 13.8 Å². The Morgan fingerprint density at radius 2 is 1.88 bits per heavy atom. The number of carboxylic acid groups (broad SMARTS) is 1. The fourth-order valence-corrected chi connectivity index (χ4v) is 1.16. The van der Waals surface area contributed by atoms with Gasteiger partial charge in [-0.25, -0.2) is 4.79 Å². The molecule has 0 rings (SSSR count). The van der Waals surface area contributed by atoms with E-state index < -0.39 is 24.0 Å². The van der Waals surface area contributed by atoms with Gasteiger partial charge in [0, 0.05) is 0 Å². The summed E-state index contributed by atoms with van der Waals surface area (Å²) in [6.07, 6.45) is 0.914. The Morgan fingerprint density at radius 3 is 2.19 bits per heavy atom. The van der Waals surface area contributed by atoms with E-state index >= 15 is 0 Å². The Bertz CT molecular complexity index is 234. The van der Waals surface area contributed by atoms with E-state index in [1.54, 1.807) is 6.92 Å². The van der Waals surface area contributed by atoms with Crippen LogP contribution in [0.4, 0.5) is 0 Å². The Morgan fingerprint density at radius 1 is 1.38 bits per heavy atom. The van der Waals surface area contributed by atoms with E-state index in [2.05, 4.69) is 5.32 Å². The van der Waals surface area contributed by atoms with Crippen molar-refractivity contribution in [2.75, 3.05) is 0 Å². The monoisotopic (exact) mass is 252 g/mol. The van der Waals surface area contributed by atoms with Crippen LogP contribution in [-0.2, 0) is 9.59 Å². The van der Waals surface area contributed by atoms with Crippen LogP contribution < -0.4 is 11.1 Å². The Labute approximate surface area is 102 Å². The van der Waals surface area contributed by atoms with Crippen molar-refractivity contribution in [3.63, 3.8) is 0 Å². The van der Waals surface area contributed by atoms with Gasteiger partial charge in [-0.15, -0.1) is 12.4 Å². The summed E-state index contributed by atoms with van der Waals surface area (Å²) in [5, 5.41) is 11.3. The molecule has 0 spiro atoms. The van der Waals surface area contributed by atoms with Crippen molar-refractivity contribution in [3.05, 3.63) is 0 Å². The molecule has 0 aromatic carbocycles. The zero-order chi connectivity index (χ0) is 12.0. The lowest BCUT2D eigenvalue weighted by Crippen LogP contribution is -2.48. The van der Waals surface area contributed by atoms with E-state index in [1.165, 1.54) is 0 Å². The molecule has 0 bridgehead atoms. The Balaban J connectivity index is 0. The van der Waals surface area contributed by atoms with Gasteiger partial charge < -0.3 is 16.2 Å². The average Bonchev–Trinajstić information content (AvgIpc) is 2.14. The number of carboxylic acids is 1. The Kier molecular flexibility index (Phi) is 9.18. The van der Waals surface area contributed by atoms with Crippen molar-refractivity contribution in [2.45, 2.75) is 45.7 Å². The number of carbonyl (C=O) groups excluding carboxylic acids is 1. The van der Waals surface area contributed by atoms with Crippen molar-refractivity contribution in [1.29, 1.82) is 0 Å². The van der Waals surface area contributed by atoms with Crippen LogP contribution in [0.15, 0.2) is 0 Å². The molecule has 0 aliphatic carbocycles. The van der Waals surface area contributed by atoms with E-state index in [9.17, 15) is 9.59 Å². The number of carbonyl (C=O) groups is 2. The molecule has 0 fully saturated rings. The lowest BCUT2D eigenvalue weighted by Gasteiger charge is -2.18. The van der Waals surface area contributed by atoms with Gasteiger partial charge in [-0.3, -0.25) is 4.79 Å². The molecule has 0 aromatic heterocycles. The summed E-state index contributed by atoms with van der Waals surface area (Å²) >= 11 is 0. The normalized spacial score (nSPS) is 13.8. The minimum absolute atomic E-state index is 0. The molecule has 0 aliphatic rings. The molecule has 0 radical (unpaired) electrons. The largest absolute Gasteiger partial charge is 0.480 e. The highest BCUT2D eigenvalue weighted by molar-refractivity contribution is 5.86. The van der Waals surface area contributed by atoms with Crippen LogP contribution in [0.5, 0.6) is 0 Å². The van der Waals surface area contributed by atoms with Crippen molar-refractivity contribution < 1.29 is 14.7 Å².